The van der Waals surface area contributed by atoms with Crippen LogP contribution in [0.4, 0.5) is 0 Å². The monoisotopic (exact) mass is 390 g/mol. The highest BCUT2D eigenvalue weighted by atomic mass is 35.5. The lowest BCUT2D eigenvalue weighted by atomic mass is 10.2. The van der Waals surface area contributed by atoms with Gasteiger partial charge in [0.1, 0.15) is 0 Å². The van der Waals surface area contributed by atoms with Crippen molar-refractivity contribution in [1.29, 1.82) is 0 Å². The van der Waals surface area contributed by atoms with Crippen molar-refractivity contribution < 1.29 is 9.21 Å². The number of nitrogens with zero attached hydrogens (tertiary/aromatic N) is 4. The number of thioether (sulfide) groups is 1. The van der Waals surface area contributed by atoms with E-state index in [1.165, 1.54) is 11.8 Å². The highest BCUT2D eigenvalue weighted by Crippen LogP contribution is 2.24. The maximum absolute atomic E-state index is 12.4. The number of halogens is 1. The zero-order valence-corrected chi connectivity index (χ0v) is 16.1. The highest BCUT2D eigenvalue weighted by molar-refractivity contribution is 7.99. The molecule has 0 N–H and O–H groups in total. The Bertz CT molecular complexity index is 862. The summed E-state index contributed by atoms with van der Waals surface area (Å²) in [5.74, 6) is 1.65. The van der Waals surface area contributed by atoms with Gasteiger partial charge in [-0.1, -0.05) is 35.5 Å². The van der Waals surface area contributed by atoms with Crippen LogP contribution in [0.1, 0.15) is 12.5 Å². The number of hydrogen-bond donors (Lipinski definition) is 0. The maximum atomic E-state index is 12.4. The van der Waals surface area contributed by atoms with Crippen LogP contribution in [-0.2, 0) is 17.9 Å². The van der Waals surface area contributed by atoms with E-state index in [0.29, 0.717) is 40.6 Å². The molecule has 0 aliphatic heterocycles. The van der Waals surface area contributed by atoms with Gasteiger partial charge in [0.05, 0.1) is 12.0 Å². The third-order valence-corrected chi connectivity index (χ3v) is 5.06. The van der Waals surface area contributed by atoms with E-state index < -0.39 is 0 Å². The summed E-state index contributed by atoms with van der Waals surface area (Å²) in [5.41, 5.74) is 1.03. The molecule has 0 aliphatic carbocycles. The molecular formula is C18H19ClN4O2S. The molecule has 0 spiro atoms. The minimum Gasteiger partial charge on any atom is -0.461 e. The molecule has 0 atom stereocenters. The van der Waals surface area contributed by atoms with Crippen LogP contribution in [0.15, 0.2) is 52.2 Å². The highest BCUT2D eigenvalue weighted by Gasteiger charge is 2.17. The van der Waals surface area contributed by atoms with Crippen LogP contribution >= 0.6 is 23.4 Å². The molecule has 8 heteroatoms. The maximum Gasteiger partial charge on any atom is 0.233 e. The molecule has 0 aliphatic rings. The van der Waals surface area contributed by atoms with Crippen molar-refractivity contribution in [3.05, 3.63) is 53.2 Å². The van der Waals surface area contributed by atoms with Gasteiger partial charge in [0, 0.05) is 25.2 Å². The van der Waals surface area contributed by atoms with Crippen molar-refractivity contribution in [3.63, 3.8) is 0 Å². The molecule has 26 heavy (non-hydrogen) atoms. The fraction of sp³-hybridized carbons (Fsp3) is 0.278. The van der Waals surface area contributed by atoms with E-state index in [0.717, 1.165) is 5.56 Å². The molecular weight excluding hydrogens is 372 g/mol. The number of amides is 1. The van der Waals surface area contributed by atoms with Crippen molar-refractivity contribution in [1.82, 2.24) is 19.7 Å². The lowest BCUT2D eigenvalue weighted by Crippen LogP contribution is -2.27. The van der Waals surface area contributed by atoms with Gasteiger partial charge in [-0.05, 0) is 36.8 Å². The van der Waals surface area contributed by atoms with Crippen LogP contribution in [0.3, 0.4) is 0 Å². The Morgan fingerprint density at radius 3 is 2.69 bits per heavy atom. The molecule has 3 aromatic rings. The Kier molecular flexibility index (Phi) is 6.00. The first kappa shape index (κ1) is 18.5. The lowest BCUT2D eigenvalue weighted by molar-refractivity contribution is -0.127. The second kappa shape index (κ2) is 8.42. The average molecular weight is 391 g/mol. The van der Waals surface area contributed by atoms with Gasteiger partial charge >= 0.3 is 0 Å². The number of benzene rings is 1. The van der Waals surface area contributed by atoms with Crippen molar-refractivity contribution in [3.8, 4) is 11.6 Å². The zero-order chi connectivity index (χ0) is 18.5. The summed E-state index contributed by atoms with van der Waals surface area (Å²) in [4.78, 5) is 14.1. The van der Waals surface area contributed by atoms with Gasteiger partial charge < -0.3 is 9.32 Å². The first-order valence-corrected chi connectivity index (χ1v) is 9.53. The molecule has 1 amide bonds. The molecule has 2 heterocycles. The summed E-state index contributed by atoms with van der Waals surface area (Å²) < 4.78 is 7.34. The molecule has 6 nitrogen and oxygen atoms in total. The Labute approximate surface area is 161 Å². The van der Waals surface area contributed by atoms with Crippen molar-refractivity contribution in [2.45, 2.75) is 25.2 Å². The van der Waals surface area contributed by atoms with E-state index in [9.17, 15) is 4.79 Å². The molecule has 0 fully saturated rings. The van der Waals surface area contributed by atoms with Crippen LogP contribution < -0.4 is 0 Å². The van der Waals surface area contributed by atoms with Crippen LogP contribution in [0.5, 0.6) is 0 Å². The summed E-state index contributed by atoms with van der Waals surface area (Å²) in [7, 11) is 1.79. The standard InChI is InChI=1S/C18H19ClN4O2S/c1-3-23-17(15-5-4-10-25-15)20-21-18(23)26-12-16(24)22(2)11-13-6-8-14(19)9-7-13/h4-10H,3,11-12H2,1-2H3. The average Bonchev–Trinajstić information content (AvgIpc) is 3.30. The number of rotatable bonds is 7. The number of furan rings is 1. The largest absolute Gasteiger partial charge is 0.461 e. The van der Waals surface area contributed by atoms with Gasteiger partial charge in [-0.3, -0.25) is 9.36 Å². The summed E-state index contributed by atoms with van der Waals surface area (Å²) in [5, 5.41) is 9.77. The topological polar surface area (TPSA) is 64.2 Å². The SMILES string of the molecule is CCn1c(SCC(=O)N(C)Cc2ccc(Cl)cc2)nnc1-c1ccco1. The number of hydrogen-bond acceptors (Lipinski definition) is 5. The van der Waals surface area contributed by atoms with Gasteiger partial charge in [-0.15, -0.1) is 10.2 Å². The molecule has 1 aromatic carbocycles. The fourth-order valence-electron chi connectivity index (χ4n) is 2.46. The number of aromatic nitrogens is 3. The lowest BCUT2D eigenvalue weighted by Gasteiger charge is -2.17. The summed E-state index contributed by atoms with van der Waals surface area (Å²) in [6.07, 6.45) is 1.60. The van der Waals surface area contributed by atoms with E-state index >= 15 is 0 Å². The first-order valence-electron chi connectivity index (χ1n) is 8.16. The quantitative estimate of drug-likeness (QED) is 0.571. The third-order valence-electron chi connectivity index (χ3n) is 3.86. The zero-order valence-electron chi connectivity index (χ0n) is 14.6. The molecule has 136 valence electrons. The Balaban J connectivity index is 1.61. The van der Waals surface area contributed by atoms with Gasteiger partial charge in [-0.2, -0.15) is 0 Å². The Hall–Kier alpha value is -2.25. The Morgan fingerprint density at radius 1 is 1.27 bits per heavy atom. The van der Waals surface area contributed by atoms with E-state index in [1.54, 1.807) is 18.2 Å². The molecule has 2 aromatic heterocycles. The molecule has 0 saturated heterocycles. The summed E-state index contributed by atoms with van der Waals surface area (Å²) in [6.45, 7) is 3.24. The second-order valence-corrected chi connectivity index (χ2v) is 7.07. The second-order valence-electron chi connectivity index (χ2n) is 5.69. The van der Waals surface area contributed by atoms with E-state index in [-0.39, 0.29) is 5.91 Å². The van der Waals surface area contributed by atoms with Gasteiger partial charge in [0.15, 0.2) is 16.7 Å². The smallest absolute Gasteiger partial charge is 0.233 e. The Morgan fingerprint density at radius 2 is 2.04 bits per heavy atom. The van der Waals surface area contributed by atoms with Crippen LogP contribution in [0.2, 0.25) is 5.02 Å². The first-order chi connectivity index (χ1) is 12.6. The number of carbonyl (C=O) groups is 1. The number of carbonyl (C=O) groups excluding carboxylic acids is 1. The molecule has 3 rings (SSSR count). The summed E-state index contributed by atoms with van der Waals surface area (Å²) in [6, 6.07) is 11.1. The molecule has 0 unspecified atom stereocenters. The van der Waals surface area contributed by atoms with Crippen molar-refractivity contribution >= 4 is 29.3 Å². The van der Waals surface area contributed by atoms with Crippen LogP contribution in [0.25, 0.3) is 11.6 Å². The fourth-order valence-corrected chi connectivity index (χ4v) is 3.53. The predicted molar refractivity (Wildman–Crippen MR) is 102 cm³/mol. The molecule has 0 bridgehead atoms. The van der Waals surface area contributed by atoms with Crippen LogP contribution in [0, 0.1) is 0 Å². The van der Waals surface area contributed by atoms with E-state index in [4.69, 9.17) is 16.0 Å². The molecule has 0 radical (unpaired) electrons. The predicted octanol–water partition coefficient (Wildman–Crippen LogP) is 3.96. The summed E-state index contributed by atoms with van der Waals surface area (Å²) >= 11 is 7.26. The van der Waals surface area contributed by atoms with Gasteiger partial charge in [0.25, 0.3) is 0 Å². The van der Waals surface area contributed by atoms with Gasteiger partial charge in [-0.25, -0.2) is 0 Å². The minimum absolute atomic E-state index is 0.0233. The third kappa shape index (κ3) is 4.28. The van der Waals surface area contributed by atoms with Gasteiger partial charge in [0.2, 0.25) is 5.91 Å². The van der Waals surface area contributed by atoms with E-state index in [2.05, 4.69) is 10.2 Å². The van der Waals surface area contributed by atoms with Crippen molar-refractivity contribution in [2.24, 2.45) is 0 Å². The van der Waals surface area contributed by atoms with Crippen LogP contribution in [-0.4, -0.2) is 38.4 Å². The van der Waals surface area contributed by atoms with Crippen molar-refractivity contribution in [2.75, 3.05) is 12.8 Å². The van der Waals surface area contributed by atoms with E-state index in [1.807, 2.05) is 47.9 Å². The molecule has 0 saturated carbocycles. The minimum atomic E-state index is 0.0233. The normalized spacial score (nSPS) is 10.9.